The minimum absolute atomic E-state index is 0.0747. The van der Waals surface area contributed by atoms with Crippen molar-refractivity contribution in [3.8, 4) is 0 Å². The minimum Gasteiger partial charge on any atom is -0.361 e. The Morgan fingerprint density at radius 1 is 1.50 bits per heavy atom. The van der Waals surface area contributed by atoms with E-state index >= 15 is 0 Å². The standard InChI is InChI=1S/C13H8BrClN4O/c1-16-11-4-2-3-8(18-11)5-13(20)19-12-6-9(14)10(15)7-17-12/h2-4,6-7H,5H2,(H,17,19,20). The molecule has 0 saturated carbocycles. The van der Waals surface area contributed by atoms with Gasteiger partial charge in [-0.1, -0.05) is 24.2 Å². The van der Waals surface area contributed by atoms with Crippen molar-refractivity contribution in [3.63, 3.8) is 0 Å². The normalized spacial score (nSPS) is 9.85. The third kappa shape index (κ3) is 3.76. The maximum Gasteiger partial charge on any atom is 0.269 e. The molecule has 2 aromatic heterocycles. The van der Waals surface area contributed by atoms with Crippen LogP contribution in [0.1, 0.15) is 5.69 Å². The summed E-state index contributed by atoms with van der Waals surface area (Å²) in [6, 6.07) is 6.59. The van der Waals surface area contributed by atoms with Crippen molar-refractivity contribution in [2.45, 2.75) is 6.42 Å². The van der Waals surface area contributed by atoms with Crippen LogP contribution in [0.4, 0.5) is 11.6 Å². The average Bonchev–Trinajstić information content (AvgIpc) is 2.43. The number of nitrogens with one attached hydrogen (secondary N) is 1. The average molecular weight is 352 g/mol. The smallest absolute Gasteiger partial charge is 0.269 e. The number of carbonyl (C=O) groups is 1. The molecule has 0 radical (unpaired) electrons. The topological polar surface area (TPSA) is 59.2 Å². The second kappa shape index (κ2) is 6.46. The number of aromatic nitrogens is 2. The Balaban J connectivity index is 2.05. The molecule has 0 aliphatic rings. The number of nitrogens with zero attached hydrogens (tertiary/aromatic N) is 3. The van der Waals surface area contributed by atoms with E-state index in [0.29, 0.717) is 21.0 Å². The van der Waals surface area contributed by atoms with Crippen LogP contribution in [0.2, 0.25) is 5.02 Å². The van der Waals surface area contributed by atoms with Crippen molar-refractivity contribution < 1.29 is 4.79 Å². The molecule has 0 aromatic carbocycles. The molecular weight excluding hydrogens is 344 g/mol. The van der Waals surface area contributed by atoms with E-state index < -0.39 is 0 Å². The Bertz CT molecular complexity index is 699. The number of anilines is 1. The molecule has 0 bridgehead atoms. The third-order valence-corrected chi connectivity index (χ3v) is 3.51. The number of hydrogen-bond donors (Lipinski definition) is 1. The lowest BCUT2D eigenvalue weighted by Crippen LogP contribution is -2.15. The zero-order valence-electron chi connectivity index (χ0n) is 10.1. The minimum atomic E-state index is -0.263. The summed E-state index contributed by atoms with van der Waals surface area (Å²) in [5.41, 5.74) is 0.532. The van der Waals surface area contributed by atoms with Crippen LogP contribution in [0.15, 0.2) is 34.9 Å². The molecular formula is C13H8BrClN4O. The first-order chi connectivity index (χ1) is 9.58. The zero-order valence-corrected chi connectivity index (χ0v) is 12.4. The first-order valence-corrected chi connectivity index (χ1v) is 6.70. The van der Waals surface area contributed by atoms with Gasteiger partial charge >= 0.3 is 0 Å². The predicted molar refractivity (Wildman–Crippen MR) is 79.8 cm³/mol. The molecule has 0 unspecified atom stereocenters. The lowest BCUT2D eigenvalue weighted by atomic mass is 10.2. The van der Waals surface area contributed by atoms with E-state index in [-0.39, 0.29) is 18.1 Å². The maximum absolute atomic E-state index is 11.9. The van der Waals surface area contributed by atoms with Crippen LogP contribution < -0.4 is 5.32 Å². The molecule has 7 heteroatoms. The highest BCUT2D eigenvalue weighted by Gasteiger charge is 2.10. The van der Waals surface area contributed by atoms with E-state index in [9.17, 15) is 4.79 Å². The van der Waals surface area contributed by atoms with Gasteiger partial charge in [0.2, 0.25) is 5.91 Å². The predicted octanol–water partition coefficient (Wildman–Crippen LogP) is 3.62. The lowest BCUT2D eigenvalue weighted by molar-refractivity contribution is -0.115. The summed E-state index contributed by atoms with van der Waals surface area (Å²) in [4.78, 5) is 23.1. The van der Waals surface area contributed by atoms with Gasteiger partial charge in [-0.05, 0) is 34.1 Å². The van der Waals surface area contributed by atoms with E-state index in [1.807, 2.05) is 0 Å². The van der Waals surface area contributed by atoms with Crippen LogP contribution in [0, 0.1) is 6.57 Å². The lowest BCUT2D eigenvalue weighted by Gasteiger charge is -2.04. The summed E-state index contributed by atoms with van der Waals surface area (Å²) in [6.07, 6.45) is 1.52. The number of pyridine rings is 2. The highest BCUT2D eigenvalue weighted by Crippen LogP contribution is 2.23. The molecule has 0 atom stereocenters. The summed E-state index contributed by atoms with van der Waals surface area (Å²) in [7, 11) is 0. The monoisotopic (exact) mass is 350 g/mol. The van der Waals surface area contributed by atoms with Gasteiger partial charge in [0.25, 0.3) is 5.82 Å². The van der Waals surface area contributed by atoms with Crippen molar-refractivity contribution >= 4 is 45.1 Å². The molecule has 2 heterocycles. The van der Waals surface area contributed by atoms with Crippen LogP contribution >= 0.6 is 27.5 Å². The molecule has 20 heavy (non-hydrogen) atoms. The van der Waals surface area contributed by atoms with Crippen LogP contribution in [0.3, 0.4) is 0 Å². The van der Waals surface area contributed by atoms with Gasteiger partial charge < -0.3 is 10.2 Å². The zero-order chi connectivity index (χ0) is 14.5. The molecule has 0 aliphatic heterocycles. The van der Waals surface area contributed by atoms with E-state index in [1.54, 1.807) is 24.3 Å². The van der Waals surface area contributed by atoms with Crippen LogP contribution in [-0.4, -0.2) is 15.9 Å². The summed E-state index contributed by atoms with van der Waals surface area (Å²) in [5, 5.41) is 3.11. The third-order valence-electron chi connectivity index (χ3n) is 2.32. The Morgan fingerprint density at radius 3 is 3.00 bits per heavy atom. The maximum atomic E-state index is 11.9. The molecule has 1 N–H and O–H groups in total. The molecule has 0 spiro atoms. The first-order valence-electron chi connectivity index (χ1n) is 5.53. The van der Waals surface area contributed by atoms with Crippen molar-refractivity contribution in [3.05, 3.63) is 57.1 Å². The summed E-state index contributed by atoms with van der Waals surface area (Å²) >= 11 is 9.07. The number of carbonyl (C=O) groups excluding carboxylic acids is 1. The highest BCUT2D eigenvalue weighted by atomic mass is 79.9. The van der Waals surface area contributed by atoms with Crippen LogP contribution in [0.5, 0.6) is 0 Å². The van der Waals surface area contributed by atoms with E-state index in [2.05, 4.69) is 36.1 Å². The second-order valence-electron chi connectivity index (χ2n) is 3.81. The van der Waals surface area contributed by atoms with E-state index in [4.69, 9.17) is 18.2 Å². The van der Waals surface area contributed by atoms with E-state index in [1.165, 1.54) is 6.20 Å². The van der Waals surface area contributed by atoms with Crippen LogP contribution in [0.25, 0.3) is 4.85 Å². The van der Waals surface area contributed by atoms with Gasteiger partial charge in [-0.15, -0.1) is 4.98 Å². The molecule has 2 aromatic rings. The fourth-order valence-corrected chi connectivity index (χ4v) is 1.88. The van der Waals surface area contributed by atoms with Gasteiger partial charge in [-0.3, -0.25) is 4.79 Å². The van der Waals surface area contributed by atoms with Gasteiger partial charge in [-0.2, -0.15) is 0 Å². The van der Waals surface area contributed by atoms with Gasteiger partial charge in [0, 0.05) is 10.7 Å². The summed E-state index contributed by atoms with van der Waals surface area (Å²) < 4.78 is 0.651. The second-order valence-corrected chi connectivity index (χ2v) is 5.07. The summed E-state index contributed by atoms with van der Waals surface area (Å²) in [5.74, 6) is 0.400. The van der Waals surface area contributed by atoms with E-state index in [0.717, 1.165) is 0 Å². The van der Waals surface area contributed by atoms with Crippen molar-refractivity contribution in [2.75, 3.05) is 5.32 Å². The quantitative estimate of drug-likeness (QED) is 0.859. The Kier molecular flexibility index (Phi) is 4.66. The molecule has 100 valence electrons. The Labute approximate surface area is 129 Å². The SMILES string of the molecule is [C-]#[N+]c1cccc(CC(=O)Nc2cc(Br)c(Cl)cn2)n1. The number of halogens is 2. The van der Waals surface area contributed by atoms with Crippen molar-refractivity contribution in [2.24, 2.45) is 0 Å². The van der Waals surface area contributed by atoms with Crippen molar-refractivity contribution in [1.82, 2.24) is 9.97 Å². The fraction of sp³-hybridized carbons (Fsp3) is 0.0769. The number of hydrogen-bond acceptors (Lipinski definition) is 3. The van der Waals surface area contributed by atoms with Gasteiger partial charge in [0.15, 0.2) is 0 Å². The van der Waals surface area contributed by atoms with Crippen LogP contribution in [-0.2, 0) is 11.2 Å². The van der Waals surface area contributed by atoms with Gasteiger partial charge in [-0.25, -0.2) is 4.98 Å². The number of rotatable bonds is 3. The van der Waals surface area contributed by atoms with Crippen molar-refractivity contribution in [1.29, 1.82) is 0 Å². The Morgan fingerprint density at radius 2 is 2.30 bits per heavy atom. The number of amides is 1. The largest absolute Gasteiger partial charge is 0.361 e. The first kappa shape index (κ1) is 14.4. The van der Waals surface area contributed by atoms with Gasteiger partial charge in [0.05, 0.1) is 11.4 Å². The fourth-order valence-electron chi connectivity index (χ4n) is 1.46. The molecule has 0 aliphatic carbocycles. The Hall–Kier alpha value is -1.97. The molecule has 0 saturated heterocycles. The summed E-state index contributed by atoms with van der Waals surface area (Å²) in [6.45, 7) is 6.88. The molecule has 5 nitrogen and oxygen atoms in total. The molecule has 2 rings (SSSR count). The molecule has 0 fully saturated rings. The molecule has 1 amide bonds. The highest BCUT2D eigenvalue weighted by molar-refractivity contribution is 9.10. The van der Waals surface area contributed by atoms with Gasteiger partial charge in [0.1, 0.15) is 11.5 Å².